The second-order valence-corrected chi connectivity index (χ2v) is 5.11. The monoisotopic (exact) mass is 299 g/mol. The maximum Gasteiger partial charge on any atom is 0.295 e. The van der Waals surface area contributed by atoms with Crippen LogP contribution in [-0.2, 0) is 6.42 Å². The summed E-state index contributed by atoms with van der Waals surface area (Å²) in [5.41, 5.74) is -0.111. The van der Waals surface area contributed by atoms with Gasteiger partial charge in [0.2, 0.25) is 0 Å². The number of nitro groups is 1. The predicted molar refractivity (Wildman–Crippen MR) is 72.1 cm³/mol. The molecule has 0 atom stereocenters. The quantitative estimate of drug-likeness (QED) is 0.679. The van der Waals surface area contributed by atoms with Crippen molar-refractivity contribution in [3.8, 4) is 0 Å². The maximum atomic E-state index is 13.6. The molecule has 1 aromatic carbocycles. The number of hydrogen-bond acceptors (Lipinski definition) is 5. The largest absolute Gasteiger partial charge is 0.377 e. The van der Waals surface area contributed by atoms with E-state index in [1.807, 2.05) is 12.3 Å². The van der Waals surface area contributed by atoms with Gasteiger partial charge in [0.1, 0.15) is 0 Å². The van der Waals surface area contributed by atoms with E-state index in [-0.39, 0.29) is 6.54 Å². The number of thiazole rings is 1. The minimum Gasteiger partial charge on any atom is -0.377 e. The third kappa shape index (κ3) is 3.08. The van der Waals surface area contributed by atoms with Crippen molar-refractivity contribution < 1.29 is 13.7 Å². The van der Waals surface area contributed by atoms with Crippen LogP contribution in [0, 0.1) is 28.7 Å². The summed E-state index contributed by atoms with van der Waals surface area (Å²) in [5, 5.41) is 16.1. The first-order chi connectivity index (χ1) is 9.49. The lowest BCUT2D eigenvalue weighted by Gasteiger charge is -2.07. The smallest absolute Gasteiger partial charge is 0.295 e. The molecule has 0 fully saturated rings. The summed E-state index contributed by atoms with van der Waals surface area (Å²) in [7, 11) is 0. The summed E-state index contributed by atoms with van der Waals surface area (Å²) in [6, 6.07) is 1.68. The van der Waals surface area contributed by atoms with Gasteiger partial charge in [-0.1, -0.05) is 0 Å². The van der Waals surface area contributed by atoms with E-state index < -0.39 is 27.9 Å². The molecule has 1 heterocycles. The van der Waals surface area contributed by atoms with E-state index in [4.69, 9.17) is 0 Å². The number of nitro benzene ring substituents is 1. The number of halogens is 2. The van der Waals surface area contributed by atoms with E-state index in [1.54, 1.807) is 0 Å². The van der Waals surface area contributed by atoms with Crippen LogP contribution < -0.4 is 5.32 Å². The van der Waals surface area contributed by atoms with Crippen LogP contribution in [0.5, 0.6) is 0 Å². The summed E-state index contributed by atoms with van der Waals surface area (Å²) in [4.78, 5) is 14.3. The molecule has 0 radical (unpaired) electrons. The van der Waals surface area contributed by atoms with E-state index in [0.717, 1.165) is 22.8 Å². The van der Waals surface area contributed by atoms with E-state index in [2.05, 4.69) is 10.3 Å². The van der Waals surface area contributed by atoms with Crippen molar-refractivity contribution in [2.24, 2.45) is 0 Å². The summed E-state index contributed by atoms with van der Waals surface area (Å²) < 4.78 is 26.7. The zero-order chi connectivity index (χ0) is 14.7. The maximum absolute atomic E-state index is 13.6. The molecule has 1 aromatic heterocycles. The Labute approximate surface area is 117 Å². The number of nitrogens with zero attached hydrogens (tertiary/aromatic N) is 2. The fourth-order valence-electron chi connectivity index (χ4n) is 1.70. The van der Waals surface area contributed by atoms with Gasteiger partial charge in [-0.3, -0.25) is 10.1 Å². The molecule has 2 aromatic rings. The molecule has 0 aliphatic carbocycles. The van der Waals surface area contributed by atoms with Crippen molar-refractivity contribution in [2.45, 2.75) is 13.3 Å². The Balaban J connectivity index is 2.12. The normalized spacial score (nSPS) is 10.6. The Morgan fingerprint density at radius 1 is 1.45 bits per heavy atom. The number of nitrogens with one attached hydrogen (secondary N) is 1. The SMILES string of the molecule is Cc1nc(CCNc2c([N+](=O)[O-])ccc(F)c2F)cs1. The van der Waals surface area contributed by atoms with E-state index >= 15 is 0 Å². The topological polar surface area (TPSA) is 68.1 Å². The van der Waals surface area contributed by atoms with Gasteiger partial charge >= 0.3 is 0 Å². The van der Waals surface area contributed by atoms with Crippen molar-refractivity contribution in [2.75, 3.05) is 11.9 Å². The van der Waals surface area contributed by atoms with E-state index in [9.17, 15) is 18.9 Å². The first-order valence-electron chi connectivity index (χ1n) is 5.76. The lowest BCUT2D eigenvalue weighted by molar-refractivity contribution is -0.384. The number of aryl methyl sites for hydroxylation is 1. The van der Waals surface area contributed by atoms with Crippen molar-refractivity contribution in [1.29, 1.82) is 0 Å². The molecule has 8 heteroatoms. The molecular weight excluding hydrogens is 288 g/mol. The lowest BCUT2D eigenvalue weighted by atomic mass is 10.2. The Morgan fingerprint density at radius 3 is 2.80 bits per heavy atom. The van der Waals surface area contributed by atoms with Crippen LogP contribution in [0.4, 0.5) is 20.2 Å². The molecule has 0 saturated carbocycles. The zero-order valence-corrected chi connectivity index (χ0v) is 11.3. The van der Waals surface area contributed by atoms with Gasteiger partial charge in [0.25, 0.3) is 5.69 Å². The van der Waals surface area contributed by atoms with Crippen LogP contribution in [-0.4, -0.2) is 16.5 Å². The highest BCUT2D eigenvalue weighted by Crippen LogP contribution is 2.28. The number of rotatable bonds is 5. The molecule has 0 bridgehead atoms. The van der Waals surface area contributed by atoms with Crippen molar-refractivity contribution >= 4 is 22.7 Å². The summed E-state index contributed by atoms with van der Waals surface area (Å²) >= 11 is 1.48. The van der Waals surface area contributed by atoms with Crippen LogP contribution in [0.15, 0.2) is 17.5 Å². The Hall–Kier alpha value is -2.09. The van der Waals surface area contributed by atoms with Crippen LogP contribution >= 0.6 is 11.3 Å². The van der Waals surface area contributed by atoms with E-state index in [0.29, 0.717) is 6.42 Å². The standard InChI is InChI=1S/C12H11F2N3O2S/c1-7-16-8(6-20-7)4-5-15-12-10(17(18)19)3-2-9(13)11(12)14/h2-3,6,15H,4-5H2,1H3. The summed E-state index contributed by atoms with van der Waals surface area (Å²) in [5.74, 6) is -2.36. The van der Waals surface area contributed by atoms with Crippen molar-refractivity contribution in [3.05, 3.63) is 50.0 Å². The minimum absolute atomic E-state index is 0.227. The van der Waals surface area contributed by atoms with Gasteiger partial charge in [-0.15, -0.1) is 11.3 Å². The Kier molecular flexibility index (Phi) is 4.23. The van der Waals surface area contributed by atoms with Crippen LogP contribution in [0.1, 0.15) is 10.7 Å². The minimum atomic E-state index is -1.24. The Morgan fingerprint density at radius 2 is 2.20 bits per heavy atom. The molecule has 106 valence electrons. The highest BCUT2D eigenvalue weighted by atomic mass is 32.1. The molecular formula is C12H11F2N3O2S. The predicted octanol–water partition coefficient (Wildman–Crippen LogP) is 3.29. The fraction of sp³-hybridized carbons (Fsp3) is 0.250. The summed E-state index contributed by atoms with van der Waals surface area (Å²) in [6.07, 6.45) is 0.470. The van der Waals surface area contributed by atoms with Crippen molar-refractivity contribution in [3.63, 3.8) is 0 Å². The van der Waals surface area contributed by atoms with Crippen LogP contribution in [0.3, 0.4) is 0 Å². The van der Waals surface area contributed by atoms with Gasteiger partial charge in [0.05, 0.1) is 15.6 Å². The third-order valence-corrected chi connectivity index (χ3v) is 3.44. The summed E-state index contributed by atoms with van der Waals surface area (Å²) in [6.45, 7) is 2.09. The average molecular weight is 299 g/mol. The molecule has 0 unspecified atom stereocenters. The van der Waals surface area contributed by atoms with Crippen molar-refractivity contribution in [1.82, 2.24) is 4.98 Å². The fourth-order valence-corrected chi connectivity index (χ4v) is 2.35. The molecule has 1 N–H and O–H groups in total. The van der Waals surface area contributed by atoms with Gasteiger partial charge in [-0.2, -0.15) is 0 Å². The average Bonchev–Trinajstić information content (AvgIpc) is 2.80. The molecule has 0 saturated heterocycles. The molecule has 0 aliphatic rings. The van der Waals surface area contributed by atoms with Gasteiger partial charge < -0.3 is 5.32 Å². The Bertz CT molecular complexity index is 646. The first-order valence-corrected chi connectivity index (χ1v) is 6.64. The second kappa shape index (κ2) is 5.91. The number of hydrogen-bond donors (Lipinski definition) is 1. The second-order valence-electron chi connectivity index (χ2n) is 4.05. The lowest BCUT2D eigenvalue weighted by Crippen LogP contribution is -2.09. The van der Waals surface area contributed by atoms with E-state index in [1.165, 1.54) is 11.3 Å². The zero-order valence-electron chi connectivity index (χ0n) is 10.5. The molecule has 20 heavy (non-hydrogen) atoms. The van der Waals surface area contributed by atoms with Gasteiger partial charge in [0.15, 0.2) is 17.3 Å². The molecule has 0 aliphatic heterocycles. The molecule has 5 nitrogen and oxygen atoms in total. The molecule has 0 spiro atoms. The van der Waals surface area contributed by atoms with Gasteiger partial charge in [0, 0.05) is 24.4 Å². The van der Waals surface area contributed by atoms with Crippen LogP contribution in [0.2, 0.25) is 0 Å². The number of aromatic nitrogens is 1. The number of anilines is 1. The molecule has 2 rings (SSSR count). The highest BCUT2D eigenvalue weighted by Gasteiger charge is 2.21. The third-order valence-electron chi connectivity index (χ3n) is 2.62. The number of benzene rings is 1. The van der Waals surface area contributed by atoms with Gasteiger partial charge in [-0.25, -0.2) is 13.8 Å². The highest BCUT2D eigenvalue weighted by molar-refractivity contribution is 7.09. The van der Waals surface area contributed by atoms with Gasteiger partial charge in [-0.05, 0) is 13.0 Å². The molecule has 0 amide bonds. The van der Waals surface area contributed by atoms with Crippen LogP contribution in [0.25, 0.3) is 0 Å². The first kappa shape index (κ1) is 14.3.